The molecule has 3 aromatic rings. The van der Waals surface area contributed by atoms with Gasteiger partial charge in [-0.3, -0.25) is 4.79 Å². The van der Waals surface area contributed by atoms with Crippen molar-refractivity contribution in [2.75, 3.05) is 19.5 Å². The number of carbonyl (C=O) groups is 1. The number of nitrogens with zero attached hydrogens (tertiary/aromatic N) is 2. The summed E-state index contributed by atoms with van der Waals surface area (Å²) in [7, 11) is 3.15. The number of amides is 1. The van der Waals surface area contributed by atoms with Crippen molar-refractivity contribution in [2.45, 2.75) is 6.61 Å². The van der Waals surface area contributed by atoms with Gasteiger partial charge in [0.05, 0.1) is 25.6 Å². The molecule has 3 rings (SSSR count). The molecule has 1 heterocycles. The second-order valence-corrected chi connectivity index (χ2v) is 5.41. The van der Waals surface area contributed by atoms with E-state index in [4.69, 9.17) is 9.47 Å². The van der Waals surface area contributed by atoms with E-state index in [1.54, 1.807) is 18.0 Å². The van der Waals surface area contributed by atoms with Crippen molar-refractivity contribution in [3.05, 3.63) is 72.1 Å². The summed E-state index contributed by atoms with van der Waals surface area (Å²) < 4.78 is 12.0. The minimum absolute atomic E-state index is 0.225. The number of methoxy groups -OCH3 is 2. The Morgan fingerprint density at radius 1 is 1.12 bits per heavy atom. The largest absolute Gasteiger partial charge is 0.493 e. The highest BCUT2D eigenvalue weighted by atomic mass is 16.5. The molecule has 1 amide bonds. The normalized spacial score (nSPS) is 10.5. The van der Waals surface area contributed by atoms with E-state index in [9.17, 15) is 4.79 Å². The standard InChI is InChI=1S/C19H19N3O3/c1-24-13-14-7-6-8-15(11-14)20-19(23)18-17(25-2)12-22(21-18)16-9-4-3-5-10-16/h3-12H,13H2,1-2H3,(H,20,23). The van der Waals surface area contributed by atoms with Gasteiger partial charge in [-0.15, -0.1) is 0 Å². The Hall–Kier alpha value is -3.12. The van der Waals surface area contributed by atoms with Crippen LogP contribution in [0, 0.1) is 0 Å². The number of benzene rings is 2. The van der Waals surface area contributed by atoms with E-state index in [0.29, 0.717) is 18.0 Å². The fraction of sp³-hybridized carbons (Fsp3) is 0.158. The molecule has 0 spiro atoms. The summed E-state index contributed by atoms with van der Waals surface area (Å²) in [6, 6.07) is 17.0. The van der Waals surface area contributed by atoms with Crippen molar-refractivity contribution < 1.29 is 14.3 Å². The Kier molecular flexibility index (Phi) is 5.11. The monoisotopic (exact) mass is 337 g/mol. The molecule has 0 bridgehead atoms. The lowest BCUT2D eigenvalue weighted by molar-refractivity contribution is 0.101. The van der Waals surface area contributed by atoms with Crippen molar-refractivity contribution in [1.29, 1.82) is 0 Å². The first-order chi connectivity index (χ1) is 12.2. The molecule has 1 N–H and O–H groups in total. The van der Waals surface area contributed by atoms with E-state index in [-0.39, 0.29) is 11.6 Å². The van der Waals surface area contributed by atoms with Gasteiger partial charge in [0.2, 0.25) is 0 Å². The first-order valence-corrected chi connectivity index (χ1v) is 7.79. The molecule has 0 atom stereocenters. The number of anilines is 1. The molecule has 0 radical (unpaired) electrons. The maximum Gasteiger partial charge on any atom is 0.280 e. The number of ether oxygens (including phenoxy) is 2. The Balaban J connectivity index is 1.84. The molecule has 0 aliphatic rings. The molecule has 6 heteroatoms. The van der Waals surface area contributed by atoms with Crippen molar-refractivity contribution in [3.63, 3.8) is 0 Å². The van der Waals surface area contributed by atoms with E-state index in [0.717, 1.165) is 11.3 Å². The van der Waals surface area contributed by atoms with Crippen LogP contribution in [0.25, 0.3) is 5.69 Å². The van der Waals surface area contributed by atoms with Gasteiger partial charge in [0.15, 0.2) is 11.4 Å². The van der Waals surface area contributed by atoms with Gasteiger partial charge in [-0.1, -0.05) is 30.3 Å². The van der Waals surface area contributed by atoms with Crippen LogP contribution in [-0.2, 0) is 11.3 Å². The number of hydrogen-bond donors (Lipinski definition) is 1. The molecule has 128 valence electrons. The topological polar surface area (TPSA) is 65.4 Å². The summed E-state index contributed by atoms with van der Waals surface area (Å²) in [6.07, 6.45) is 1.69. The SMILES string of the molecule is COCc1cccc(NC(=O)c2nn(-c3ccccc3)cc2OC)c1. The van der Waals surface area contributed by atoms with Crippen LogP contribution in [0.2, 0.25) is 0 Å². The van der Waals surface area contributed by atoms with Crippen LogP contribution in [0.5, 0.6) is 5.75 Å². The van der Waals surface area contributed by atoms with Crippen LogP contribution in [0.1, 0.15) is 16.1 Å². The van der Waals surface area contributed by atoms with E-state index in [1.165, 1.54) is 7.11 Å². The van der Waals surface area contributed by atoms with Crippen LogP contribution in [-0.4, -0.2) is 29.9 Å². The summed E-state index contributed by atoms with van der Waals surface area (Å²) >= 11 is 0. The lowest BCUT2D eigenvalue weighted by Gasteiger charge is -2.06. The molecular weight excluding hydrogens is 318 g/mol. The number of aromatic nitrogens is 2. The van der Waals surface area contributed by atoms with Gasteiger partial charge in [-0.2, -0.15) is 5.10 Å². The van der Waals surface area contributed by atoms with Gasteiger partial charge in [-0.25, -0.2) is 4.68 Å². The Morgan fingerprint density at radius 3 is 2.64 bits per heavy atom. The third kappa shape index (κ3) is 3.87. The lowest BCUT2D eigenvalue weighted by atomic mass is 10.2. The minimum atomic E-state index is -0.332. The quantitative estimate of drug-likeness (QED) is 0.750. The predicted octanol–water partition coefficient (Wildman–Crippen LogP) is 3.28. The fourth-order valence-corrected chi connectivity index (χ4v) is 2.47. The number of rotatable bonds is 6. The second kappa shape index (κ2) is 7.63. The molecule has 0 saturated heterocycles. The maximum atomic E-state index is 12.6. The highest BCUT2D eigenvalue weighted by Gasteiger charge is 2.18. The molecule has 0 aliphatic heterocycles. The van der Waals surface area contributed by atoms with Crippen molar-refractivity contribution in [3.8, 4) is 11.4 Å². The van der Waals surface area contributed by atoms with Gasteiger partial charge in [0.25, 0.3) is 5.91 Å². The fourth-order valence-electron chi connectivity index (χ4n) is 2.47. The Labute approximate surface area is 146 Å². The second-order valence-electron chi connectivity index (χ2n) is 5.41. The molecular formula is C19H19N3O3. The molecule has 0 saturated carbocycles. The Morgan fingerprint density at radius 2 is 1.92 bits per heavy atom. The first-order valence-electron chi connectivity index (χ1n) is 7.79. The average molecular weight is 337 g/mol. The van der Waals surface area contributed by atoms with Gasteiger partial charge in [-0.05, 0) is 29.8 Å². The third-order valence-electron chi connectivity index (χ3n) is 3.63. The maximum absolute atomic E-state index is 12.6. The van der Waals surface area contributed by atoms with Crippen molar-refractivity contribution in [2.24, 2.45) is 0 Å². The van der Waals surface area contributed by atoms with Crippen LogP contribution >= 0.6 is 0 Å². The first kappa shape index (κ1) is 16.7. The van der Waals surface area contributed by atoms with Gasteiger partial charge in [0, 0.05) is 12.8 Å². The van der Waals surface area contributed by atoms with Gasteiger partial charge in [0.1, 0.15) is 0 Å². The zero-order valence-corrected chi connectivity index (χ0v) is 14.1. The molecule has 0 aliphatic carbocycles. The zero-order chi connectivity index (χ0) is 17.6. The molecule has 6 nitrogen and oxygen atoms in total. The zero-order valence-electron chi connectivity index (χ0n) is 14.1. The number of hydrogen-bond acceptors (Lipinski definition) is 4. The number of carbonyl (C=O) groups excluding carboxylic acids is 1. The summed E-state index contributed by atoms with van der Waals surface area (Å²) in [5.74, 6) is 0.0792. The molecule has 1 aromatic heterocycles. The molecule has 0 fully saturated rings. The van der Waals surface area contributed by atoms with E-state index in [2.05, 4.69) is 10.4 Å². The molecule has 0 unspecified atom stereocenters. The van der Waals surface area contributed by atoms with Crippen LogP contribution in [0.15, 0.2) is 60.8 Å². The molecule has 2 aromatic carbocycles. The number of para-hydroxylation sites is 1. The highest BCUT2D eigenvalue weighted by molar-refractivity contribution is 6.04. The lowest BCUT2D eigenvalue weighted by Crippen LogP contribution is -2.14. The summed E-state index contributed by atoms with van der Waals surface area (Å²) in [5.41, 5.74) is 2.73. The van der Waals surface area contributed by atoms with Crippen molar-refractivity contribution in [1.82, 2.24) is 9.78 Å². The van der Waals surface area contributed by atoms with E-state index >= 15 is 0 Å². The van der Waals surface area contributed by atoms with Gasteiger partial charge < -0.3 is 14.8 Å². The predicted molar refractivity (Wildman–Crippen MR) is 95.2 cm³/mol. The van der Waals surface area contributed by atoms with Gasteiger partial charge >= 0.3 is 0 Å². The van der Waals surface area contributed by atoms with Crippen LogP contribution in [0.3, 0.4) is 0 Å². The highest BCUT2D eigenvalue weighted by Crippen LogP contribution is 2.21. The van der Waals surface area contributed by atoms with E-state index in [1.807, 2.05) is 54.6 Å². The van der Waals surface area contributed by atoms with E-state index < -0.39 is 0 Å². The minimum Gasteiger partial charge on any atom is -0.493 e. The summed E-state index contributed by atoms with van der Waals surface area (Å²) in [4.78, 5) is 12.6. The van der Waals surface area contributed by atoms with Crippen LogP contribution < -0.4 is 10.1 Å². The smallest absolute Gasteiger partial charge is 0.280 e. The molecule has 25 heavy (non-hydrogen) atoms. The van der Waals surface area contributed by atoms with Crippen LogP contribution in [0.4, 0.5) is 5.69 Å². The summed E-state index contributed by atoms with van der Waals surface area (Å²) in [5, 5.41) is 7.21. The number of nitrogens with one attached hydrogen (secondary N) is 1. The third-order valence-corrected chi connectivity index (χ3v) is 3.63. The Bertz CT molecular complexity index is 859. The summed E-state index contributed by atoms with van der Waals surface area (Å²) in [6.45, 7) is 0.482. The van der Waals surface area contributed by atoms with Crippen molar-refractivity contribution >= 4 is 11.6 Å². The average Bonchev–Trinajstić information content (AvgIpc) is 3.08.